The van der Waals surface area contributed by atoms with Crippen molar-refractivity contribution in [3.05, 3.63) is 48.3 Å². The van der Waals surface area contributed by atoms with Gasteiger partial charge in [-0.1, -0.05) is 18.2 Å². The largest absolute Gasteiger partial charge is 0.338 e. The second kappa shape index (κ2) is 6.86. The molecule has 1 aromatic carbocycles. The first-order valence-electron chi connectivity index (χ1n) is 8.14. The molecule has 0 radical (unpaired) electrons. The van der Waals surface area contributed by atoms with Gasteiger partial charge in [0.1, 0.15) is 0 Å². The normalized spacial score (nSPS) is 19.0. The van der Waals surface area contributed by atoms with Crippen molar-refractivity contribution in [2.24, 2.45) is 0 Å². The van der Waals surface area contributed by atoms with Gasteiger partial charge >= 0.3 is 0 Å². The summed E-state index contributed by atoms with van der Waals surface area (Å²) in [5.41, 5.74) is 1.46. The Kier molecular flexibility index (Phi) is 4.46. The van der Waals surface area contributed by atoms with Crippen molar-refractivity contribution in [3.63, 3.8) is 0 Å². The van der Waals surface area contributed by atoms with Gasteiger partial charge in [0.25, 0.3) is 0 Å². The van der Waals surface area contributed by atoms with Gasteiger partial charge in [-0.25, -0.2) is 14.3 Å². The molecular weight excluding hydrogens is 306 g/mol. The van der Waals surface area contributed by atoms with Crippen LogP contribution in [0.5, 0.6) is 0 Å². The van der Waals surface area contributed by atoms with E-state index in [-0.39, 0.29) is 0 Å². The van der Waals surface area contributed by atoms with Crippen molar-refractivity contribution in [2.45, 2.75) is 11.4 Å². The number of hydrogen-bond acceptors (Lipinski definition) is 6. The number of aromatic nitrogens is 2. The summed E-state index contributed by atoms with van der Waals surface area (Å²) in [4.78, 5) is 14.9. The summed E-state index contributed by atoms with van der Waals surface area (Å²) in [6, 6.07) is 10.6. The first-order valence-corrected chi connectivity index (χ1v) is 8.91. The van der Waals surface area contributed by atoms with E-state index < -0.39 is 0 Å². The van der Waals surface area contributed by atoms with Gasteiger partial charge in [-0.3, -0.25) is 4.90 Å². The highest BCUT2D eigenvalue weighted by Gasteiger charge is 2.22. The number of rotatable bonds is 4. The standard InChI is InChI=1S/C17H21N5S/c1-2-5-16-15(4-1)14-22(23-16)13-10-20-8-11-21(12-9-20)17-18-6-3-7-19-17/h1-7H,8-14H2. The quantitative estimate of drug-likeness (QED) is 0.801. The molecule has 0 atom stereocenters. The van der Waals surface area contributed by atoms with Crippen molar-refractivity contribution in [1.29, 1.82) is 0 Å². The van der Waals surface area contributed by atoms with E-state index in [1.165, 1.54) is 10.5 Å². The molecule has 0 saturated carbocycles. The molecule has 0 unspecified atom stereocenters. The second-order valence-electron chi connectivity index (χ2n) is 5.94. The van der Waals surface area contributed by atoms with E-state index in [0.29, 0.717) is 0 Å². The van der Waals surface area contributed by atoms with Crippen molar-refractivity contribution < 1.29 is 0 Å². The smallest absolute Gasteiger partial charge is 0.225 e. The van der Waals surface area contributed by atoms with Crippen molar-refractivity contribution in [2.75, 3.05) is 44.2 Å². The maximum Gasteiger partial charge on any atom is 0.225 e. The van der Waals surface area contributed by atoms with Crippen LogP contribution in [-0.4, -0.2) is 58.4 Å². The molecule has 0 bridgehead atoms. The fraction of sp³-hybridized carbons (Fsp3) is 0.412. The third-order valence-electron chi connectivity index (χ3n) is 4.42. The van der Waals surface area contributed by atoms with Gasteiger partial charge in [0.15, 0.2) is 0 Å². The van der Waals surface area contributed by atoms with E-state index >= 15 is 0 Å². The van der Waals surface area contributed by atoms with Crippen molar-refractivity contribution >= 4 is 17.9 Å². The molecule has 5 nitrogen and oxygen atoms in total. The lowest BCUT2D eigenvalue weighted by Gasteiger charge is -2.35. The third kappa shape index (κ3) is 3.49. The Morgan fingerprint density at radius 1 is 0.913 bits per heavy atom. The minimum absolute atomic E-state index is 0.859. The zero-order valence-corrected chi connectivity index (χ0v) is 14.0. The van der Waals surface area contributed by atoms with Gasteiger partial charge in [-0.05, 0) is 29.6 Å². The van der Waals surface area contributed by atoms with E-state index in [2.05, 4.69) is 48.3 Å². The maximum absolute atomic E-state index is 4.34. The second-order valence-corrected chi connectivity index (χ2v) is 7.08. The fourth-order valence-corrected chi connectivity index (χ4v) is 4.13. The molecule has 6 heteroatoms. The summed E-state index contributed by atoms with van der Waals surface area (Å²) in [7, 11) is 0. The number of hydrogen-bond donors (Lipinski definition) is 0. The van der Waals surface area contributed by atoms with Gasteiger partial charge in [-0.2, -0.15) is 0 Å². The van der Waals surface area contributed by atoms with Crippen molar-refractivity contribution in [3.8, 4) is 0 Å². The van der Waals surface area contributed by atoms with Gasteiger partial charge in [0.05, 0.1) is 0 Å². The van der Waals surface area contributed by atoms with Crippen LogP contribution >= 0.6 is 11.9 Å². The topological polar surface area (TPSA) is 35.5 Å². The lowest BCUT2D eigenvalue weighted by atomic mass is 10.2. The van der Waals surface area contributed by atoms with E-state index in [1.54, 1.807) is 0 Å². The molecular formula is C17H21N5S. The summed E-state index contributed by atoms with van der Waals surface area (Å²) in [5.74, 6) is 0.859. The first-order chi connectivity index (χ1) is 11.4. The highest BCUT2D eigenvalue weighted by atomic mass is 32.2. The predicted octanol–water partition coefficient (Wildman–Crippen LogP) is 2.12. The van der Waals surface area contributed by atoms with Crippen molar-refractivity contribution in [1.82, 2.24) is 19.2 Å². The lowest BCUT2D eigenvalue weighted by molar-refractivity contribution is 0.240. The summed E-state index contributed by atoms with van der Waals surface area (Å²) in [6.45, 7) is 7.51. The average molecular weight is 327 g/mol. The van der Waals surface area contributed by atoms with Crippen LogP contribution in [-0.2, 0) is 6.54 Å². The Morgan fingerprint density at radius 3 is 2.48 bits per heavy atom. The Balaban J connectivity index is 1.23. The average Bonchev–Trinajstić information content (AvgIpc) is 3.04. The zero-order valence-electron chi connectivity index (χ0n) is 13.1. The lowest BCUT2D eigenvalue weighted by Crippen LogP contribution is -2.48. The van der Waals surface area contributed by atoms with Crippen LogP contribution in [0.2, 0.25) is 0 Å². The van der Waals surface area contributed by atoms with Gasteiger partial charge in [-0.15, -0.1) is 0 Å². The van der Waals surface area contributed by atoms with Crippen LogP contribution in [0.1, 0.15) is 5.56 Å². The number of piperazine rings is 1. The van der Waals surface area contributed by atoms with Crippen LogP contribution < -0.4 is 4.90 Å². The molecule has 0 amide bonds. The van der Waals surface area contributed by atoms with E-state index in [9.17, 15) is 0 Å². The summed E-state index contributed by atoms with van der Waals surface area (Å²) in [5, 5.41) is 0. The monoisotopic (exact) mass is 327 g/mol. The molecule has 1 saturated heterocycles. The predicted molar refractivity (Wildman–Crippen MR) is 93.4 cm³/mol. The number of benzene rings is 1. The molecule has 0 N–H and O–H groups in total. The van der Waals surface area contributed by atoms with Crippen LogP contribution in [0.3, 0.4) is 0 Å². The SMILES string of the molecule is c1cnc(N2CCN(CCN3Cc4ccccc4S3)CC2)nc1. The van der Waals surface area contributed by atoms with Crippen LogP contribution in [0.25, 0.3) is 0 Å². The van der Waals surface area contributed by atoms with Crippen LogP contribution in [0, 0.1) is 0 Å². The first kappa shape index (κ1) is 14.9. The minimum atomic E-state index is 0.859. The van der Waals surface area contributed by atoms with E-state index in [1.807, 2.05) is 30.4 Å². The van der Waals surface area contributed by atoms with E-state index in [4.69, 9.17) is 0 Å². The molecule has 23 heavy (non-hydrogen) atoms. The van der Waals surface area contributed by atoms with Gasteiger partial charge < -0.3 is 4.90 Å². The molecule has 2 aromatic rings. The summed E-state index contributed by atoms with van der Waals surface area (Å²) >= 11 is 1.90. The molecule has 1 aromatic heterocycles. The summed E-state index contributed by atoms with van der Waals surface area (Å²) in [6.07, 6.45) is 3.63. The molecule has 120 valence electrons. The number of anilines is 1. The van der Waals surface area contributed by atoms with Gasteiger partial charge in [0.2, 0.25) is 5.95 Å². The Morgan fingerprint density at radius 2 is 1.70 bits per heavy atom. The molecule has 1 fully saturated rings. The van der Waals surface area contributed by atoms with Crippen LogP contribution in [0.15, 0.2) is 47.6 Å². The Labute approximate surface area is 141 Å². The molecule has 3 heterocycles. The highest BCUT2D eigenvalue weighted by molar-refractivity contribution is 7.97. The number of fused-ring (bicyclic) bond motifs is 1. The van der Waals surface area contributed by atoms with Gasteiger partial charge in [0, 0.05) is 63.1 Å². The molecule has 0 aliphatic carbocycles. The summed E-state index contributed by atoms with van der Waals surface area (Å²) < 4.78 is 2.47. The Bertz CT molecular complexity index is 617. The third-order valence-corrected chi connectivity index (χ3v) is 5.58. The molecule has 4 rings (SSSR count). The molecule has 0 spiro atoms. The molecule has 2 aliphatic heterocycles. The van der Waals surface area contributed by atoms with E-state index in [0.717, 1.165) is 51.8 Å². The highest BCUT2D eigenvalue weighted by Crippen LogP contribution is 2.35. The fourth-order valence-electron chi connectivity index (χ4n) is 3.09. The maximum atomic E-state index is 4.34. The Hall–Kier alpha value is -1.63. The zero-order chi connectivity index (χ0) is 15.5. The number of nitrogens with zero attached hydrogens (tertiary/aromatic N) is 5. The molecule has 2 aliphatic rings. The van der Waals surface area contributed by atoms with Crippen LogP contribution in [0.4, 0.5) is 5.95 Å². The minimum Gasteiger partial charge on any atom is -0.338 e.